The highest BCUT2D eigenvalue weighted by Gasteiger charge is 2.32. The molecule has 1 atom stereocenters. The van der Waals surface area contributed by atoms with Gasteiger partial charge in [-0.1, -0.05) is 15.9 Å². The number of rotatable bonds is 7. The number of aliphatic hydroxyl groups is 1. The van der Waals surface area contributed by atoms with E-state index in [1.807, 2.05) is 13.8 Å². The van der Waals surface area contributed by atoms with Gasteiger partial charge in [-0.3, -0.25) is 0 Å². The molecule has 4 nitrogen and oxygen atoms in total. The molecule has 0 aliphatic rings. The van der Waals surface area contributed by atoms with Crippen LogP contribution >= 0.6 is 15.9 Å². The van der Waals surface area contributed by atoms with Crippen molar-refractivity contribution >= 4 is 21.6 Å². The third kappa shape index (κ3) is 7.54. The van der Waals surface area contributed by atoms with E-state index in [0.717, 1.165) is 0 Å². The van der Waals surface area contributed by atoms with Crippen molar-refractivity contribution in [1.29, 1.82) is 0 Å². The van der Waals surface area contributed by atoms with E-state index < -0.39 is 12.5 Å². The highest BCUT2D eigenvalue weighted by atomic mass is 79.9. The summed E-state index contributed by atoms with van der Waals surface area (Å²) in [4.78, 5) is 0. The fraction of sp³-hybridized carbons (Fsp3) is 0.538. The molecule has 1 aromatic carbocycles. The fourth-order valence-electron chi connectivity index (χ4n) is 1.44. The molecule has 0 saturated carbocycles. The minimum absolute atomic E-state index is 0.0311. The molecule has 0 heterocycles. The Hall–Kier alpha value is -0.990. The molecule has 1 rings (SSSR count). The molecule has 1 aromatic rings. The lowest BCUT2D eigenvalue weighted by molar-refractivity contribution is -0.274. The standard InChI is InChI=1S/C13H17BrF3NO3/c1-8(2)20-7-10(19)6-18-11-4-3-9(14)5-12(11)21-13(15,16)17/h3-5,8,10,18-19H,6-7H2,1-2H3. The summed E-state index contributed by atoms with van der Waals surface area (Å²) in [6.45, 7) is 3.79. The quantitative estimate of drug-likeness (QED) is 0.769. The average Bonchev–Trinajstić information content (AvgIpc) is 2.33. The van der Waals surface area contributed by atoms with Gasteiger partial charge in [-0.25, -0.2) is 0 Å². The van der Waals surface area contributed by atoms with Crippen LogP contribution in [0.1, 0.15) is 13.8 Å². The Morgan fingerprint density at radius 3 is 2.57 bits per heavy atom. The highest BCUT2D eigenvalue weighted by molar-refractivity contribution is 9.10. The van der Waals surface area contributed by atoms with E-state index in [4.69, 9.17) is 4.74 Å². The van der Waals surface area contributed by atoms with Crippen LogP contribution in [0, 0.1) is 0 Å². The molecule has 0 amide bonds. The zero-order valence-electron chi connectivity index (χ0n) is 11.6. The van der Waals surface area contributed by atoms with E-state index in [0.29, 0.717) is 4.47 Å². The van der Waals surface area contributed by atoms with Gasteiger partial charge in [0.05, 0.1) is 24.5 Å². The molecule has 21 heavy (non-hydrogen) atoms. The number of anilines is 1. The van der Waals surface area contributed by atoms with Crippen LogP contribution in [0.15, 0.2) is 22.7 Å². The Balaban J connectivity index is 2.65. The lowest BCUT2D eigenvalue weighted by atomic mass is 10.2. The van der Waals surface area contributed by atoms with Crippen molar-refractivity contribution in [2.75, 3.05) is 18.5 Å². The smallest absolute Gasteiger partial charge is 0.404 e. The normalized spacial score (nSPS) is 13.3. The number of halogens is 4. The van der Waals surface area contributed by atoms with Crippen molar-refractivity contribution in [2.24, 2.45) is 0 Å². The second-order valence-corrected chi connectivity index (χ2v) is 5.52. The van der Waals surface area contributed by atoms with E-state index in [-0.39, 0.29) is 30.7 Å². The molecule has 0 aromatic heterocycles. The minimum Gasteiger partial charge on any atom is -0.404 e. The number of aliphatic hydroxyl groups excluding tert-OH is 1. The van der Waals surface area contributed by atoms with Crippen LogP contribution in [-0.4, -0.2) is 36.8 Å². The summed E-state index contributed by atoms with van der Waals surface area (Å²) >= 11 is 3.08. The summed E-state index contributed by atoms with van der Waals surface area (Å²) in [6.07, 6.45) is -5.65. The summed E-state index contributed by atoms with van der Waals surface area (Å²) in [5.41, 5.74) is 0.138. The summed E-state index contributed by atoms with van der Waals surface area (Å²) in [5, 5.41) is 12.4. The fourth-order valence-corrected chi connectivity index (χ4v) is 1.78. The van der Waals surface area contributed by atoms with Crippen LogP contribution in [0.2, 0.25) is 0 Å². The van der Waals surface area contributed by atoms with Crippen molar-refractivity contribution in [3.05, 3.63) is 22.7 Å². The Labute approximate surface area is 129 Å². The molecular formula is C13H17BrF3NO3. The van der Waals surface area contributed by atoms with Gasteiger partial charge in [0.25, 0.3) is 0 Å². The zero-order valence-corrected chi connectivity index (χ0v) is 13.2. The molecule has 120 valence electrons. The maximum atomic E-state index is 12.3. The van der Waals surface area contributed by atoms with Crippen molar-refractivity contribution in [3.8, 4) is 5.75 Å². The molecule has 0 fully saturated rings. The summed E-state index contributed by atoms with van der Waals surface area (Å²) in [5.74, 6) is -0.367. The van der Waals surface area contributed by atoms with E-state index in [9.17, 15) is 18.3 Å². The third-order valence-corrected chi connectivity index (χ3v) is 2.81. The van der Waals surface area contributed by atoms with Gasteiger partial charge in [0.15, 0.2) is 5.75 Å². The van der Waals surface area contributed by atoms with Crippen LogP contribution < -0.4 is 10.1 Å². The number of ether oxygens (including phenoxy) is 2. The van der Waals surface area contributed by atoms with Crippen molar-refractivity contribution < 1.29 is 27.8 Å². The van der Waals surface area contributed by atoms with Crippen molar-refractivity contribution in [1.82, 2.24) is 0 Å². The molecule has 0 radical (unpaired) electrons. The maximum Gasteiger partial charge on any atom is 0.573 e. The van der Waals surface area contributed by atoms with Gasteiger partial charge in [-0.05, 0) is 32.0 Å². The SMILES string of the molecule is CC(C)OCC(O)CNc1ccc(Br)cc1OC(F)(F)F. The van der Waals surface area contributed by atoms with Crippen LogP contribution in [0.4, 0.5) is 18.9 Å². The second kappa shape index (κ2) is 7.86. The lowest BCUT2D eigenvalue weighted by Gasteiger charge is -2.18. The van der Waals surface area contributed by atoms with Crippen LogP contribution in [0.25, 0.3) is 0 Å². The molecule has 0 aliphatic carbocycles. The Kier molecular flexibility index (Phi) is 6.76. The Morgan fingerprint density at radius 1 is 1.33 bits per heavy atom. The van der Waals surface area contributed by atoms with Crippen molar-refractivity contribution in [2.45, 2.75) is 32.4 Å². The molecule has 8 heteroatoms. The van der Waals surface area contributed by atoms with E-state index in [2.05, 4.69) is 26.0 Å². The highest BCUT2D eigenvalue weighted by Crippen LogP contribution is 2.32. The van der Waals surface area contributed by atoms with Crippen molar-refractivity contribution in [3.63, 3.8) is 0 Å². The van der Waals surface area contributed by atoms with E-state index >= 15 is 0 Å². The first-order valence-electron chi connectivity index (χ1n) is 6.26. The predicted octanol–water partition coefficient (Wildman–Crippen LogP) is 3.55. The van der Waals surface area contributed by atoms with Gasteiger partial charge in [0.1, 0.15) is 0 Å². The first-order valence-corrected chi connectivity index (χ1v) is 7.05. The molecular weight excluding hydrogens is 355 g/mol. The lowest BCUT2D eigenvalue weighted by Crippen LogP contribution is -2.27. The van der Waals surface area contributed by atoms with Crippen LogP contribution in [-0.2, 0) is 4.74 Å². The molecule has 0 bridgehead atoms. The minimum atomic E-state index is -4.78. The molecule has 0 aliphatic heterocycles. The summed E-state index contributed by atoms with van der Waals surface area (Å²) in [6, 6.07) is 4.20. The average molecular weight is 372 g/mol. The summed E-state index contributed by atoms with van der Waals surface area (Å²) < 4.78 is 46.6. The van der Waals surface area contributed by atoms with Gasteiger partial charge >= 0.3 is 6.36 Å². The van der Waals surface area contributed by atoms with Gasteiger partial charge in [0, 0.05) is 11.0 Å². The second-order valence-electron chi connectivity index (χ2n) is 4.61. The monoisotopic (exact) mass is 371 g/mol. The van der Waals surface area contributed by atoms with Crippen LogP contribution in [0.3, 0.4) is 0 Å². The van der Waals surface area contributed by atoms with E-state index in [1.54, 1.807) is 6.07 Å². The topological polar surface area (TPSA) is 50.7 Å². The van der Waals surface area contributed by atoms with Gasteiger partial charge in [-0.15, -0.1) is 13.2 Å². The third-order valence-electron chi connectivity index (χ3n) is 2.32. The van der Waals surface area contributed by atoms with Crippen LogP contribution in [0.5, 0.6) is 5.75 Å². The molecule has 1 unspecified atom stereocenters. The number of hydrogen-bond donors (Lipinski definition) is 2. The first-order chi connectivity index (χ1) is 9.67. The predicted molar refractivity (Wildman–Crippen MR) is 76.4 cm³/mol. The number of nitrogens with one attached hydrogen (secondary N) is 1. The zero-order chi connectivity index (χ0) is 16.0. The van der Waals surface area contributed by atoms with E-state index in [1.165, 1.54) is 12.1 Å². The molecule has 2 N–H and O–H groups in total. The number of benzene rings is 1. The van der Waals surface area contributed by atoms with Gasteiger partial charge in [0.2, 0.25) is 0 Å². The number of alkyl halides is 3. The Bertz CT molecular complexity index is 455. The number of hydrogen-bond acceptors (Lipinski definition) is 4. The summed E-state index contributed by atoms with van der Waals surface area (Å²) in [7, 11) is 0. The Morgan fingerprint density at radius 2 is 2.00 bits per heavy atom. The maximum absolute atomic E-state index is 12.3. The first kappa shape index (κ1) is 18.1. The van der Waals surface area contributed by atoms with Gasteiger partial charge in [-0.2, -0.15) is 0 Å². The molecule has 0 spiro atoms. The van der Waals surface area contributed by atoms with Gasteiger partial charge < -0.3 is 19.9 Å². The largest absolute Gasteiger partial charge is 0.573 e. The molecule has 0 saturated heterocycles.